The maximum absolute atomic E-state index is 14.9. The molecular formula is C23H22F4N8. The Labute approximate surface area is 198 Å². The predicted molar refractivity (Wildman–Crippen MR) is 124 cm³/mol. The molecule has 1 fully saturated rings. The number of nitrogens with one attached hydrogen (secondary N) is 2. The number of aromatic nitrogens is 5. The van der Waals surface area contributed by atoms with Gasteiger partial charge in [-0.25, -0.2) is 9.37 Å². The van der Waals surface area contributed by atoms with E-state index in [1.54, 1.807) is 6.92 Å². The van der Waals surface area contributed by atoms with Gasteiger partial charge in [-0.05, 0) is 32.2 Å². The number of hydrogen-bond donors (Lipinski definition) is 2. The number of hydrogen-bond acceptors (Lipinski definition) is 7. The maximum atomic E-state index is 14.9. The van der Waals surface area contributed by atoms with Gasteiger partial charge in [-0.1, -0.05) is 12.1 Å². The first-order valence-electron chi connectivity index (χ1n) is 11.0. The summed E-state index contributed by atoms with van der Waals surface area (Å²) in [7, 11) is 2.06. The molecule has 0 unspecified atom stereocenters. The van der Waals surface area contributed by atoms with Crippen LogP contribution in [0.3, 0.4) is 0 Å². The SMILES string of the molecule is Cc1nc(Nc2cc3[nH]c(-c4ccc(C(F)(F)F)cc4)nc3cc2F)nc(N2CCN(C)CC2)n1. The Bertz CT molecular complexity index is 1360. The third kappa shape index (κ3) is 4.87. The summed E-state index contributed by atoms with van der Waals surface area (Å²) in [5.74, 6) is 1.01. The molecule has 35 heavy (non-hydrogen) atoms. The Morgan fingerprint density at radius 1 is 0.943 bits per heavy atom. The summed E-state index contributed by atoms with van der Waals surface area (Å²) >= 11 is 0. The largest absolute Gasteiger partial charge is 0.416 e. The second-order valence-electron chi connectivity index (χ2n) is 8.43. The van der Waals surface area contributed by atoms with Crippen LogP contribution < -0.4 is 10.2 Å². The second kappa shape index (κ2) is 8.77. The van der Waals surface area contributed by atoms with Gasteiger partial charge < -0.3 is 20.1 Å². The maximum Gasteiger partial charge on any atom is 0.416 e. The van der Waals surface area contributed by atoms with Crippen molar-refractivity contribution in [3.63, 3.8) is 0 Å². The summed E-state index contributed by atoms with van der Waals surface area (Å²) in [6, 6.07) is 7.39. The van der Waals surface area contributed by atoms with Crippen LogP contribution in [0.4, 0.5) is 35.1 Å². The molecule has 1 aliphatic heterocycles. The molecule has 2 aromatic heterocycles. The van der Waals surface area contributed by atoms with E-state index in [4.69, 9.17) is 0 Å². The Morgan fingerprint density at radius 2 is 1.66 bits per heavy atom. The van der Waals surface area contributed by atoms with Gasteiger partial charge >= 0.3 is 6.18 Å². The van der Waals surface area contributed by atoms with E-state index in [1.807, 2.05) is 0 Å². The first-order valence-corrected chi connectivity index (χ1v) is 11.0. The number of alkyl halides is 3. The lowest BCUT2D eigenvalue weighted by molar-refractivity contribution is -0.137. The minimum Gasteiger partial charge on any atom is -0.338 e. The first-order chi connectivity index (χ1) is 16.7. The van der Waals surface area contributed by atoms with Crippen molar-refractivity contribution in [2.24, 2.45) is 0 Å². The number of aryl methyl sites for hydroxylation is 1. The zero-order chi connectivity index (χ0) is 24.7. The van der Waals surface area contributed by atoms with Gasteiger partial charge in [0.25, 0.3) is 0 Å². The lowest BCUT2D eigenvalue weighted by Crippen LogP contribution is -2.45. The van der Waals surface area contributed by atoms with E-state index in [0.29, 0.717) is 34.2 Å². The fourth-order valence-corrected chi connectivity index (χ4v) is 3.87. The van der Waals surface area contributed by atoms with Crippen molar-refractivity contribution in [2.45, 2.75) is 13.1 Å². The number of anilines is 3. The van der Waals surface area contributed by atoms with Crippen LogP contribution in [0, 0.1) is 12.7 Å². The molecule has 0 amide bonds. The van der Waals surface area contributed by atoms with Crippen molar-refractivity contribution in [1.82, 2.24) is 29.8 Å². The van der Waals surface area contributed by atoms with Crippen LogP contribution in [0.2, 0.25) is 0 Å². The topological polar surface area (TPSA) is 85.9 Å². The van der Waals surface area contributed by atoms with Crippen LogP contribution >= 0.6 is 0 Å². The molecule has 182 valence electrons. The third-order valence-corrected chi connectivity index (χ3v) is 5.82. The molecule has 4 aromatic rings. The third-order valence-electron chi connectivity index (χ3n) is 5.82. The fraction of sp³-hybridized carbons (Fsp3) is 0.304. The Morgan fingerprint density at radius 3 is 2.34 bits per heavy atom. The molecule has 5 rings (SSSR count). The highest BCUT2D eigenvalue weighted by Gasteiger charge is 2.30. The zero-order valence-corrected chi connectivity index (χ0v) is 19.0. The molecule has 0 radical (unpaired) electrons. The summed E-state index contributed by atoms with van der Waals surface area (Å²) in [6.07, 6.45) is -4.42. The average molecular weight is 486 g/mol. The van der Waals surface area contributed by atoms with E-state index in [1.165, 1.54) is 24.3 Å². The number of benzene rings is 2. The molecule has 0 atom stereocenters. The standard InChI is InChI=1S/C23H22F4N8/c1-13-28-21(33-22(29-13)35-9-7-34(2)8-10-35)32-17-12-19-18(11-16(17)24)30-20(31-19)14-3-5-15(6-4-14)23(25,26)27/h3-6,11-12H,7-10H2,1-2H3,(H,30,31)(H,28,29,32,33). The van der Waals surface area contributed by atoms with Gasteiger partial charge in [-0.15, -0.1) is 0 Å². The Kier molecular flexibility index (Phi) is 5.75. The highest BCUT2D eigenvalue weighted by Crippen LogP contribution is 2.31. The van der Waals surface area contributed by atoms with Gasteiger partial charge in [0.2, 0.25) is 11.9 Å². The molecule has 0 aliphatic carbocycles. The van der Waals surface area contributed by atoms with Crippen molar-refractivity contribution in [3.8, 4) is 11.4 Å². The van der Waals surface area contributed by atoms with Gasteiger partial charge in [0.15, 0.2) is 0 Å². The smallest absolute Gasteiger partial charge is 0.338 e. The van der Waals surface area contributed by atoms with Crippen LogP contribution in [0.25, 0.3) is 22.4 Å². The molecule has 0 spiro atoms. The number of rotatable bonds is 4. The molecule has 1 saturated heterocycles. The molecule has 3 heterocycles. The number of fused-ring (bicyclic) bond motifs is 1. The van der Waals surface area contributed by atoms with E-state index in [9.17, 15) is 17.6 Å². The number of piperazine rings is 1. The number of likely N-dealkylation sites (N-methyl/N-ethyl adjacent to an activating group) is 1. The van der Waals surface area contributed by atoms with Crippen molar-refractivity contribution < 1.29 is 17.6 Å². The van der Waals surface area contributed by atoms with E-state index in [2.05, 4.69) is 47.1 Å². The number of aromatic amines is 1. The quantitative estimate of drug-likeness (QED) is 0.414. The van der Waals surface area contributed by atoms with Crippen LogP contribution in [-0.4, -0.2) is 63.0 Å². The van der Waals surface area contributed by atoms with Gasteiger partial charge in [0.05, 0.1) is 22.3 Å². The van der Waals surface area contributed by atoms with Crippen LogP contribution in [0.5, 0.6) is 0 Å². The van der Waals surface area contributed by atoms with Gasteiger partial charge in [-0.3, -0.25) is 0 Å². The molecular weight excluding hydrogens is 464 g/mol. The minimum absolute atomic E-state index is 0.134. The van der Waals surface area contributed by atoms with Crippen molar-refractivity contribution in [2.75, 3.05) is 43.4 Å². The van der Waals surface area contributed by atoms with Crippen LogP contribution in [0.1, 0.15) is 11.4 Å². The minimum atomic E-state index is -4.42. The highest BCUT2D eigenvalue weighted by atomic mass is 19.4. The van der Waals surface area contributed by atoms with Gasteiger partial charge in [0, 0.05) is 37.8 Å². The number of H-pyrrole nitrogens is 1. The summed E-state index contributed by atoms with van der Waals surface area (Å²) in [4.78, 5) is 24.8. The monoisotopic (exact) mass is 486 g/mol. The van der Waals surface area contributed by atoms with Crippen molar-refractivity contribution >= 4 is 28.6 Å². The summed E-state index contributed by atoms with van der Waals surface area (Å²) in [6.45, 7) is 5.08. The summed E-state index contributed by atoms with van der Waals surface area (Å²) in [5.41, 5.74) is 0.685. The number of halogens is 4. The lowest BCUT2D eigenvalue weighted by Gasteiger charge is -2.32. The van der Waals surface area contributed by atoms with E-state index in [0.717, 1.165) is 38.3 Å². The van der Waals surface area contributed by atoms with Crippen LogP contribution in [-0.2, 0) is 6.18 Å². The molecule has 2 aromatic carbocycles. The Balaban J connectivity index is 1.41. The van der Waals surface area contributed by atoms with Crippen molar-refractivity contribution in [3.05, 3.63) is 53.6 Å². The highest BCUT2D eigenvalue weighted by molar-refractivity contribution is 5.83. The van der Waals surface area contributed by atoms with Crippen LogP contribution in [0.15, 0.2) is 36.4 Å². The second-order valence-corrected chi connectivity index (χ2v) is 8.43. The zero-order valence-electron chi connectivity index (χ0n) is 19.0. The molecule has 0 saturated carbocycles. The molecule has 2 N–H and O–H groups in total. The summed E-state index contributed by atoms with van der Waals surface area (Å²) < 4.78 is 53.4. The normalized spacial score (nSPS) is 15.1. The average Bonchev–Trinajstić information content (AvgIpc) is 3.21. The van der Waals surface area contributed by atoms with E-state index < -0.39 is 17.6 Å². The molecule has 1 aliphatic rings. The summed E-state index contributed by atoms with van der Waals surface area (Å²) in [5, 5.41) is 2.92. The fourth-order valence-electron chi connectivity index (χ4n) is 3.87. The van der Waals surface area contributed by atoms with E-state index >= 15 is 0 Å². The number of nitrogens with zero attached hydrogens (tertiary/aromatic N) is 6. The van der Waals surface area contributed by atoms with Gasteiger partial charge in [0.1, 0.15) is 17.5 Å². The Hall–Kier alpha value is -3.80. The predicted octanol–water partition coefficient (Wildman–Crippen LogP) is 4.38. The van der Waals surface area contributed by atoms with Gasteiger partial charge in [-0.2, -0.15) is 28.1 Å². The molecule has 0 bridgehead atoms. The first kappa shape index (κ1) is 23.0. The van der Waals surface area contributed by atoms with E-state index in [-0.39, 0.29) is 11.6 Å². The molecule has 12 heteroatoms. The molecule has 8 nitrogen and oxygen atoms in total. The van der Waals surface area contributed by atoms with Crippen molar-refractivity contribution in [1.29, 1.82) is 0 Å². The number of imidazole rings is 1. The lowest BCUT2D eigenvalue weighted by atomic mass is 10.1.